The largest absolute Gasteiger partial charge is 0.379 e. The van der Waals surface area contributed by atoms with E-state index in [4.69, 9.17) is 10.00 Å². The highest BCUT2D eigenvalue weighted by atomic mass is 16.5. The van der Waals surface area contributed by atoms with Crippen molar-refractivity contribution < 1.29 is 4.74 Å². The van der Waals surface area contributed by atoms with Gasteiger partial charge in [0.25, 0.3) is 0 Å². The highest BCUT2D eigenvalue weighted by molar-refractivity contribution is 4.56. The third-order valence-electron chi connectivity index (χ3n) is 1.16. The van der Waals surface area contributed by atoms with Crippen LogP contribution in [0.2, 0.25) is 0 Å². The van der Waals surface area contributed by atoms with E-state index >= 15 is 0 Å². The summed E-state index contributed by atoms with van der Waals surface area (Å²) in [6, 6.07) is 1.75. The zero-order valence-corrected chi connectivity index (χ0v) is 6.05. The summed E-state index contributed by atoms with van der Waals surface area (Å²) < 4.78 is 5.15. The van der Waals surface area contributed by atoms with E-state index < -0.39 is 0 Å². The summed E-state index contributed by atoms with van der Waals surface area (Å²) in [5.74, 6) is 0. The normalized spacial score (nSPS) is 23.9. The number of ether oxygens (including phenoxy) is 1. The fourth-order valence-electron chi connectivity index (χ4n) is 0.739. The summed E-state index contributed by atoms with van der Waals surface area (Å²) in [5.41, 5.74) is 0. The molecule has 1 saturated heterocycles. The molecule has 1 aliphatic rings. The first kappa shape index (κ1) is 8.45. The minimum Gasteiger partial charge on any atom is -0.379 e. The summed E-state index contributed by atoms with van der Waals surface area (Å²) in [4.78, 5) is 0. The molecule has 1 atom stereocenters. The van der Waals surface area contributed by atoms with Crippen molar-refractivity contribution in [2.75, 3.05) is 6.61 Å². The van der Waals surface area contributed by atoms with Crippen LogP contribution < -0.4 is 0 Å². The molecule has 52 valence electrons. The minimum absolute atomic E-state index is 0.546. The van der Waals surface area contributed by atoms with Gasteiger partial charge in [0.2, 0.25) is 0 Å². The number of nitrogens with zero attached hydrogens (tertiary/aromatic N) is 1. The van der Waals surface area contributed by atoms with E-state index in [0.29, 0.717) is 6.10 Å². The Hall–Kier alpha value is -0.550. The quantitative estimate of drug-likeness (QED) is 0.496. The first-order valence-corrected chi connectivity index (χ1v) is 3.23. The van der Waals surface area contributed by atoms with Gasteiger partial charge in [-0.1, -0.05) is 0 Å². The van der Waals surface area contributed by atoms with Crippen LogP contribution in [0.15, 0.2) is 0 Å². The first-order chi connectivity index (χ1) is 4.31. The molecule has 0 spiro atoms. The molecule has 1 unspecified atom stereocenters. The third-order valence-corrected chi connectivity index (χ3v) is 1.16. The Morgan fingerprint density at radius 1 is 1.67 bits per heavy atom. The summed E-state index contributed by atoms with van der Waals surface area (Å²) in [7, 11) is 0. The second kappa shape index (κ2) is 5.58. The molecule has 2 nitrogen and oxygen atoms in total. The number of hydrogen-bond donors (Lipinski definition) is 0. The summed E-state index contributed by atoms with van der Waals surface area (Å²) in [6.45, 7) is 4.54. The van der Waals surface area contributed by atoms with Gasteiger partial charge in [0, 0.05) is 13.5 Å². The number of nitriles is 1. The van der Waals surface area contributed by atoms with Gasteiger partial charge in [0.15, 0.2) is 0 Å². The smallest absolute Gasteiger partial charge is 0.0587 e. The average Bonchev–Trinajstić information content (AvgIpc) is 2.20. The predicted molar refractivity (Wildman–Crippen MR) is 35.9 cm³/mol. The molecular weight excluding hydrogens is 114 g/mol. The maximum absolute atomic E-state index is 7.32. The molecule has 0 amide bonds. The monoisotopic (exact) mass is 127 g/mol. The van der Waals surface area contributed by atoms with Crippen molar-refractivity contribution in [1.29, 1.82) is 5.26 Å². The average molecular weight is 127 g/mol. The highest BCUT2D eigenvalue weighted by Crippen LogP contribution is 2.09. The molecule has 2 heteroatoms. The molecule has 0 N–H and O–H groups in total. The van der Waals surface area contributed by atoms with Crippen LogP contribution in [0.1, 0.15) is 26.7 Å². The van der Waals surface area contributed by atoms with Gasteiger partial charge in [-0.15, -0.1) is 0 Å². The lowest BCUT2D eigenvalue weighted by Gasteiger charge is -1.94. The predicted octanol–water partition coefficient (Wildman–Crippen LogP) is 1.72. The fraction of sp³-hybridized carbons (Fsp3) is 0.857. The van der Waals surface area contributed by atoms with Gasteiger partial charge in [-0.2, -0.15) is 5.26 Å². The molecule has 0 aliphatic carbocycles. The molecule has 1 fully saturated rings. The van der Waals surface area contributed by atoms with Gasteiger partial charge < -0.3 is 4.74 Å². The van der Waals surface area contributed by atoms with Crippen LogP contribution in [0.25, 0.3) is 0 Å². The Labute approximate surface area is 56.4 Å². The Bertz CT molecular complexity index is 89.6. The number of hydrogen-bond acceptors (Lipinski definition) is 2. The minimum atomic E-state index is 0.546. The van der Waals surface area contributed by atoms with Crippen LogP contribution in [0.4, 0.5) is 0 Å². The van der Waals surface area contributed by atoms with Crippen molar-refractivity contribution in [2.45, 2.75) is 32.8 Å². The fourth-order valence-corrected chi connectivity index (χ4v) is 0.739. The van der Waals surface area contributed by atoms with Crippen LogP contribution in [0.5, 0.6) is 0 Å². The van der Waals surface area contributed by atoms with E-state index in [2.05, 4.69) is 6.92 Å². The molecule has 1 heterocycles. The molecule has 0 bridgehead atoms. The van der Waals surface area contributed by atoms with Crippen molar-refractivity contribution in [3.63, 3.8) is 0 Å². The van der Waals surface area contributed by atoms with E-state index in [1.165, 1.54) is 19.8 Å². The van der Waals surface area contributed by atoms with Crippen molar-refractivity contribution in [3.05, 3.63) is 0 Å². The molecule has 0 radical (unpaired) electrons. The third kappa shape index (κ3) is 5.32. The zero-order chi connectivity index (χ0) is 7.11. The lowest BCUT2D eigenvalue weighted by atomic mass is 10.3. The lowest BCUT2D eigenvalue weighted by Crippen LogP contribution is -1.94. The zero-order valence-electron chi connectivity index (χ0n) is 6.05. The van der Waals surface area contributed by atoms with Gasteiger partial charge in [-0.3, -0.25) is 0 Å². The maximum atomic E-state index is 7.32. The Kier molecular flexibility index (Phi) is 5.24. The molecule has 0 aromatic rings. The van der Waals surface area contributed by atoms with Crippen molar-refractivity contribution in [2.24, 2.45) is 0 Å². The summed E-state index contributed by atoms with van der Waals surface area (Å²) in [5, 5.41) is 7.32. The maximum Gasteiger partial charge on any atom is 0.0587 e. The van der Waals surface area contributed by atoms with E-state index in [1.807, 2.05) is 0 Å². The van der Waals surface area contributed by atoms with E-state index in [-0.39, 0.29) is 0 Å². The molecular formula is C7H13NO. The van der Waals surface area contributed by atoms with E-state index in [1.54, 1.807) is 6.07 Å². The van der Waals surface area contributed by atoms with E-state index in [9.17, 15) is 0 Å². The second-order valence-corrected chi connectivity index (χ2v) is 2.05. The molecule has 0 saturated carbocycles. The van der Waals surface area contributed by atoms with Crippen LogP contribution in [0, 0.1) is 11.3 Å². The molecule has 0 aromatic heterocycles. The highest BCUT2D eigenvalue weighted by Gasteiger charge is 2.07. The van der Waals surface area contributed by atoms with Gasteiger partial charge in [-0.05, 0) is 19.8 Å². The van der Waals surface area contributed by atoms with Crippen molar-refractivity contribution in [3.8, 4) is 6.07 Å². The van der Waals surface area contributed by atoms with Crippen molar-refractivity contribution >= 4 is 0 Å². The van der Waals surface area contributed by atoms with Crippen molar-refractivity contribution in [1.82, 2.24) is 0 Å². The van der Waals surface area contributed by atoms with Gasteiger partial charge in [0.1, 0.15) is 0 Å². The molecule has 1 aliphatic heterocycles. The molecule has 0 aromatic carbocycles. The Morgan fingerprint density at radius 3 is 2.33 bits per heavy atom. The molecule has 1 rings (SSSR count). The van der Waals surface area contributed by atoms with Gasteiger partial charge in [-0.25, -0.2) is 0 Å². The van der Waals surface area contributed by atoms with E-state index in [0.717, 1.165) is 6.61 Å². The van der Waals surface area contributed by atoms with Crippen LogP contribution in [-0.4, -0.2) is 12.7 Å². The summed E-state index contributed by atoms with van der Waals surface area (Å²) >= 11 is 0. The lowest BCUT2D eigenvalue weighted by molar-refractivity contribution is 0.125. The Balaban J connectivity index is 0.000000187. The SMILES string of the molecule is CC#N.CC1CCCO1. The standard InChI is InChI=1S/C5H10O.C2H3N/c1-5-3-2-4-6-5;1-2-3/h5H,2-4H2,1H3;1H3. The Morgan fingerprint density at radius 2 is 2.22 bits per heavy atom. The molecule has 9 heavy (non-hydrogen) atoms. The van der Waals surface area contributed by atoms with Crippen LogP contribution in [0.3, 0.4) is 0 Å². The van der Waals surface area contributed by atoms with Gasteiger partial charge >= 0.3 is 0 Å². The number of rotatable bonds is 0. The second-order valence-electron chi connectivity index (χ2n) is 2.05. The first-order valence-electron chi connectivity index (χ1n) is 3.23. The van der Waals surface area contributed by atoms with Crippen LogP contribution >= 0.6 is 0 Å². The summed E-state index contributed by atoms with van der Waals surface area (Å²) in [6.07, 6.45) is 3.08. The topological polar surface area (TPSA) is 33.0 Å². The van der Waals surface area contributed by atoms with Gasteiger partial charge in [0.05, 0.1) is 12.2 Å². The van der Waals surface area contributed by atoms with Crippen LogP contribution in [-0.2, 0) is 4.74 Å².